The average molecular weight is 304 g/mol. The summed E-state index contributed by atoms with van der Waals surface area (Å²) in [7, 11) is -6.38. The van der Waals surface area contributed by atoms with Gasteiger partial charge in [0.25, 0.3) is 19.1 Å². The Morgan fingerprint density at radius 1 is 1.12 bits per heavy atom. The molecule has 0 fully saturated rings. The number of halogens is 7. The fourth-order valence-electron chi connectivity index (χ4n) is 0.408. The number of rotatable bonds is 6. The molecule has 0 rings (SSSR count). The smallest absolute Gasteiger partial charge is 1.00 e. The molecule has 4 nitrogen and oxygen atoms in total. The fourth-order valence-corrected chi connectivity index (χ4v) is 0.775. The summed E-state index contributed by atoms with van der Waals surface area (Å²) < 4.78 is 107. The Kier molecular flexibility index (Phi) is 8.22. The van der Waals surface area contributed by atoms with E-state index in [4.69, 9.17) is 0 Å². The van der Waals surface area contributed by atoms with Gasteiger partial charge in [-0.3, -0.25) is 0 Å². The van der Waals surface area contributed by atoms with Gasteiger partial charge in [-0.25, -0.2) is 17.6 Å². The monoisotopic (exact) mass is 304 g/mol. The van der Waals surface area contributed by atoms with E-state index in [0.717, 1.165) is 0 Å². The molecule has 0 heterocycles. The van der Waals surface area contributed by atoms with E-state index in [-0.39, 0.29) is 31.0 Å². The molecule has 0 radical (unpaired) electrons. The van der Waals surface area contributed by atoms with Crippen LogP contribution in [-0.2, 0) is 19.2 Å². The maximum Gasteiger partial charge on any atom is 1.00 e. The van der Waals surface area contributed by atoms with E-state index in [1.54, 1.807) is 4.39 Å². The Hall–Kier alpha value is 0.380. The first-order valence-corrected chi connectivity index (χ1v) is 4.61. The van der Waals surface area contributed by atoms with Crippen molar-refractivity contribution in [3.8, 4) is 0 Å². The first kappa shape index (κ1) is 19.7. The molecule has 0 aliphatic rings. The second-order valence-electron chi connectivity index (χ2n) is 2.22. The molecule has 0 bridgehead atoms. The summed E-state index contributed by atoms with van der Waals surface area (Å²) in [6, 6.07) is 0. The molecule has 0 N–H and O–H groups in total. The van der Waals surface area contributed by atoms with Gasteiger partial charge in [0, 0.05) is 0 Å². The van der Waals surface area contributed by atoms with E-state index in [1.807, 2.05) is 0 Å². The molecule has 0 aliphatic heterocycles. The van der Waals surface area contributed by atoms with Gasteiger partial charge < -0.3 is 6.16 Å². The molecular formula is C4H4F7NaO4S. The van der Waals surface area contributed by atoms with E-state index in [1.165, 1.54) is 0 Å². The molecule has 17 heavy (non-hydrogen) atoms. The van der Waals surface area contributed by atoms with Crippen molar-refractivity contribution in [2.75, 3.05) is 0 Å². The van der Waals surface area contributed by atoms with E-state index in [2.05, 4.69) is 4.74 Å². The summed E-state index contributed by atoms with van der Waals surface area (Å²) in [4.78, 5) is 0. The first-order valence-electron chi connectivity index (χ1n) is 3.20. The Labute approximate surface area is 114 Å². The largest absolute Gasteiger partial charge is 1.00 e. The Morgan fingerprint density at radius 3 is 1.82 bits per heavy atom. The quantitative estimate of drug-likeness (QED) is 0.457. The summed E-state index contributed by atoms with van der Waals surface area (Å²) >= 11 is 0. The topological polar surface area (TPSA) is 52.6 Å². The second kappa shape index (κ2) is 7.09. The van der Waals surface area contributed by atoms with Gasteiger partial charge >= 0.3 is 44.9 Å². The van der Waals surface area contributed by atoms with Gasteiger partial charge in [-0.05, 0) is 4.53 Å². The standard InChI is InChI=1S/C4H3F7O4S.Na.H/c5-1(6)2(7)14-3(8)4(9,10)16(12,13)15-11;;/h1-3H;;/q;+1;-1. The summed E-state index contributed by atoms with van der Waals surface area (Å²) in [5.74, 6) is 0. The molecule has 13 heteroatoms. The molecular weight excluding hydrogens is 300 g/mol. The Morgan fingerprint density at radius 2 is 1.53 bits per heavy atom. The van der Waals surface area contributed by atoms with Crippen LogP contribution < -0.4 is 29.6 Å². The van der Waals surface area contributed by atoms with E-state index in [0.29, 0.717) is 0 Å². The SMILES string of the molecule is O=S(=O)(OF)C(F)(F)C(F)OC(F)C(F)F.[H-].[Na+]. The third-order valence-corrected chi connectivity index (χ3v) is 2.15. The van der Waals surface area contributed by atoms with Crippen LogP contribution in [0.25, 0.3) is 0 Å². The molecule has 0 saturated carbocycles. The fraction of sp³-hybridized carbons (Fsp3) is 1.00. The number of hydrogen-bond acceptors (Lipinski definition) is 4. The molecule has 0 aromatic carbocycles. The summed E-state index contributed by atoms with van der Waals surface area (Å²) in [5.41, 5.74) is 0. The Balaban J connectivity index is -0.00000112. The van der Waals surface area contributed by atoms with Crippen LogP contribution in [0.5, 0.6) is 0 Å². The average Bonchev–Trinajstić information content (AvgIpc) is 2.16. The van der Waals surface area contributed by atoms with E-state index < -0.39 is 34.5 Å². The predicted octanol–water partition coefficient (Wildman–Crippen LogP) is -1.20. The van der Waals surface area contributed by atoms with Crippen molar-refractivity contribution in [2.24, 2.45) is 0 Å². The van der Waals surface area contributed by atoms with Gasteiger partial charge in [-0.2, -0.15) is 17.2 Å². The van der Waals surface area contributed by atoms with E-state index in [9.17, 15) is 39.3 Å². The maximum absolute atomic E-state index is 12.4. The van der Waals surface area contributed by atoms with Crippen LogP contribution in [0.15, 0.2) is 0 Å². The molecule has 2 atom stereocenters. The van der Waals surface area contributed by atoms with Crippen LogP contribution in [0.1, 0.15) is 1.43 Å². The van der Waals surface area contributed by atoms with Gasteiger partial charge in [0.15, 0.2) is 0 Å². The van der Waals surface area contributed by atoms with Gasteiger partial charge in [0.05, 0.1) is 0 Å². The van der Waals surface area contributed by atoms with Crippen LogP contribution in [0.3, 0.4) is 0 Å². The van der Waals surface area contributed by atoms with Gasteiger partial charge in [-0.15, -0.1) is 0 Å². The molecule has 0 aromatic heterocycles. The number of ether oxygens (including phenoxy) is 1. The zero-order valence-corrected chi connectivity index (χ0v) is 10.7. The third-order valence-electron chi connectivity index (χ3n) is 1.13. The first-order chi connectivity index (χ1) is 7.06. The summed E-state index contributed by atoms with van der Waals surface area (Å²) in [6.07, 6.45) is -12.1. The van der Waals surface area contributed by atoms with Crippen LogP contribution in [0.2, 0.25) is 0 Å². The third kappa shape index (κ3) is 4.87. The van der Waals surface area contributed by atoms with Gasteiger partial charge in [0.1, 0.15) is 0 Å². The van der Waals surface area contributed by atoms with Crippen LogP contribution in [0.4, 0.5) is 30.9 Å². The van der Waals surface area contributed by atoms with Crippen molar-refractivity contribution < 1.29 is 79.4 Å². The van der Waals surface area contributed by atoms with Crippen molar-refractivity contribution in [2.45, 2.75) is 24.4 Å². The van der Waals surface area contributed by atoms with Gasteiger partial charge in [0.2, 0.25) is 0 Å². The van der Waals surface area contributed by atoms with Crippen molar-refractivity contribution in [1.29, 1.82) is 0 Å². The van der Waals surface area contributed by atoms with Crippen molar-refractivity contribution in [3.63, 3.8) is 0 Å². The van der Waals surface area contributed by atoms with Crippen molar-refractivity contribution in [3.05, 3.63) is 0 Å². The molecule has 0 spiro atoms. The van der Waals surface area contributed by atoms with Crippen LogP contribution >= 0.6 is 0 Å². The molecule has 100 valence electrons. The number of hydrogen-bond donors (Lipinski definition) is 0. The zero-order valence-electron chi connectivity index (χ0n) is 8.92. The van der Waals surface area contributed by atoms with Gasteiger partial charge in [-0.1, -0.05) is 4.39 Å². The predicted molar refractivity (Wildman–Crippen MR) is 34.1 cm³/mol. The van der Waals surface area contributed by atoms with Crippen LogP contribution in [-0.4, -0.2) is 32.8 Å². The van der Waals surface area contributed by atoms with E-state index >= 15 is 0 Å². The molecule has 0 amide bonds. The van der Waals surface area contributed by atoms with Crippen LogP contribution in [0, 0.1) is 0 Å². The second-order valence-corrected chi connectivity index (χ2v) is 3.80. The minimum Gasteiger partial charge on any atom is -1.00 e. The molecule has 0 aromatic rings. The molecule has 2 unspecified atom stereocenters. The minimum absolute atomic E-state index is 0. The zero-order chi connectivity index (χ0) is 13.1. The summed E-state index contributed by atoms with van der Waals surface area (Å²) in [5, 5.41) is -5.67. The van der Waals surface area contributed by atoms with Crippen molar-refractivity contribution in [1.82, 2.24) is 0 Å². The number of alkyl halides is 6. The van der Waals surface area contributed by atoms with Crippen molar-refractivity contribution >= 4 is 10.1 Å². The normalized spacial score (nSPS) is 16.5. The molecule has 0 aliphatic carbocycles. The molecule has 0 saturated heterocycles. The summed E-state index contributed by atoms with van der Waals surface area (Å²) in [6.45, 7) is 0. The Bertz CT molecular complexity index is 327. The minimum atomic E-state index is -6.38. The maximum atomic E-state index is 12.4.